The van der Waals surface area contributed by atoms with Gasteiger partial charge in [0.2, 0.25) is 5.95 Å². The Hall–Kier alpha value is -1.98. The number of aryl methyl sites for hydroxylation is 2. The number of fused-ring (bicyclic) bond motifs is 1. The highest BCUT2D eigenvalue weighted by atomic mass is 127. The molecule has 0 bridgehead atoms. The minimum atomic E-state index is 0. The van der Waals surface area contributed by atoms with Crippen LogP contribution in [0, 0.1) is 12.8 Å². The predicted octanol–water partition coefficient (Wildman–Crippen LogP) is 0.955. The molecule has 1 saturated heterocycles. The summed E-state index contributed by atoms with van der Waals surface area (Å²) in [6.45, 7) is 7.56. The fourth-order valence-electron chi connectivity index (χ4n) is 3.84. The molecular weight excluding hydrogens is 469 g/mol. The Morgan fingerprint density at radius 2 is 1.93 bits per heavy atom. The zero-order chi connectivity index (χ0) is 18.6. The largest absolute Gasteiger partial charge is 0.356 e. The average molecular weight is 497 g/mol. The van der Waals surface area contributed by atoms with Crippen molar-refractivity contribution in [2.45, 2.75) is 26.3 Å². The summed E-state index contributed by atoms with van der Waals surface area (Å²) in [5.74, 6) is 4.49. The molecule has 2 aromatic heterocycles. The van der Waals surface area contributed by atoms with E-state index in [4.69, 9.17) is 0 Å². The summed E-state index contributed by atoms with van der Waals surface area (Å²) in [4.78, 5) is 17.7. The molecule has 2 aliphatic rings. The maximum Gasteiger partial charge on any atom is 0.225 e. The van der Waals surface area contributed by atoms with Crippen LogP contribution in [-0.2, 0) is 13.0 Å². The topological polar surface area (TPSA) is 87.4 Å². The number of rotatable bonds is 3. The molecule has 1 fully saturated rings. The van der Waals surface area contributed by atoms with Gasteiger partial charge in [0.15, 0.2) is 5.96 Å². The second-order valence-corrected chi connectivity index (χ2v) is 7.13. The average Bonchev–Trinajstić information content (AvgIpc) is 3.10. The van der Waals surface area contributed by atoms with Crippen LogP contribution in [0.15, 0.2) is 23.5 Å². The predicted molar refractivity (Wildman–Crippen MR) is 119 cm³/mol. The Kier molecular flexibility index (Phi) is 7.03. The molecule has 4 heterocycles. The van der Waals surface area contributed by atoms with E-state index < -0.39 is 0 Å². The normalized spacial score (nSPS) is 19.8. The fraction of sp³-hybridized carbons (Fsp3) is 0.611. The summed E-state index contributed by atoms with van der Waals surface area (Å²) < 4.78 is 2.25. The van der Waals surface area contributed by atoms with E-state index in [1.807, 2.05) is 20.0 Å². The van der Waals surface area contributed by atoms with Crippen molar-refractivity contribution in [3.63, 3.8) is 0 Å². The number of hydrogen-bond acceptors (Lipinski definition) is 6. The third-order valence-electron chi connectivity index (χ3n) is 5.40. The minimum Gasteiger partial charge on any atom is -0.356 e. The van der Waals surface area contributed by atoms with Crippen molar-refractivity contribution in [3.8, 4) is 0 Å². The number of aliphatic imine (C=N–C) groups is 1. The van der Waals surface area contributed by atoms with E-state index in [-0.39, 0.29) is 24.0 Å². The van der Waals surface area contributed by atoms with Crippen LogP contribution in [-0.4, -0.2) is 75.4 Å². The van der Waals surface area contributed by atoms with Crippen molar-refractivity contribution in [1.82, 2.24) is 34.9 Å². The smallest absolute Gasteiger partial charge is 0.225 e. The lowest BCUT2D eigenvalue weighted by molar-refractivity contribution is 0.338. The van der Waals surface area contributed by atoms with Crippen molar-refractivity contribution in [2.24, 2.45) is 10.9 Å². The molecule has 28 heavy (non-hydrogen) atoms. The lowest BCUT2D eigenvalue weighted by Gasteiger charge is -2.37. The number of piperazine rings is 1. The highest BCUT2D eigenvalue weighted by Crippen LogP contribution is 2.19. The van der Waals surface area contributed by atoms with Gasteiger partial charge in [-0.05, 0) is 25.3 Å². The standard InChI is InChI=1S/C18H27N9.HI/c1-14-23-24-16-5-4-15(13-27(14)16)12-22-17(19-2)25-8-10-26(11-9-25)18-20-6-3-7-21-18;/h3,6-7,15H,4-5,8-13H2,1-2H3,(H,19,22);1H. The Morgan fingerprint density at radius 3 is 2.64 bits per heavy atom. The lowest BCUT2D eigenvalue weighted by Crippen LogP contribution is -2.53. The van der Waals surface area contributed by atoms with Crippen LogP contribution in [0.4, 0.5) is 5.95 Å². The Balaban J connectivity index is 0.00000225. The Morgan fingerprint density at radius 1 is 1.18 bits per heavy atom. The number of guanidine groups is 1. The monoisotopic (exact) mass is 497 g/mol. The molecule has 1 atom stereocenters. The number of aromatic nitrogens is 5. The van der Waals surface area contributed by atoms with Crippen LogP contribution in [0.2, 0.25) is 0 Å². The fourth-order valence-corrected chi connectivity index (χ4v) is 3.84. The molecule has 0 aliphatic carbocycles. The van der Waals surface area contributed by atoms with Gasteiger partial charge in [0, 0.05) is 65.1 Å². The molecule has 0 saturated carbocycles. The second kappa shape index (κ2) is 9.48. The number of nitrogens with zero attached hydrogens (tertiary/aromatic N) is 8. The first-order valence-electron chi connectivity index (χ1n) is 9.61. The van der Waals surface area contributed by atoms with Crippen molar-refractivity contribution in [3.05, 3.63) is 30.1 Å². The molecule has 0 radical (unpaired) electrons. The van der Waals surface area contributed by atoms with E-state index >= 15 is 0 Å². The first kappa shape index (κ1) is 20.7. The molecule has 9 nitrogen and oxygen atoms in total. The summed E-state index contributed by atoms with van der Waals surface area (Å²) in [5, 5.41) is 12.0. The van der Waals surface area contributed by atoms with Gasteiger partial charge in [-0.3, -0.25) is 4.99 Å². The highest BCUT2D eigenvalue weighted by Gasteiger charge is 2.24. The maximum atomic E-state index is 4.50. The van der Waals surface area contributed by atoms with Gasteiger partial charge < -0.3 is 19.7 Å². The van der Waals surface area contributed by atoms with E-state index in [1.165, 1.54) is 0 Å². The minimum absolute atomic E-state index is 0. The number of nitrogens with one attached hydrogen (secondary N) is 1. The zero-order valence-corrected chi connectivity index (χ0v) is 18.8. The first-order chi connectivity index (χ1) is 13.2. The molecule has 0 amide bonds. The van der Waals surface area contributed by atoms with E-state index in [1.54, 1.807) is 12.4 Å². The second-order valence-electron chi connectivity index (χ2n) is 7.13. The van der Waals surface area contributed by atoms with Crippen LogP contribution in [0.3, 0.4) is 0 Å². The summed E-state index contributed by atoms with van der Waals surface area (Å²) in [6, 6.07) is 1.85. The molecule has 10 heteroatoms. The van der Waals surface area contributed by atoms with Gasteiger partial charge in [0.05, 0.1) is 0 Å². The van der Waals surface area contributed by atoms with E-state index in [0.29, 0.717) is 5.92 Å². The molecule has 2 aromatic rings. The van der Waals surface area contributed by atoms with Crippen LogP contribution in [0.1, 0.15) is 18.1 Å². The van der Waals surface area contributed by atoms with Crippen molar-refractivity contribution in [2.75, 3.05) is 44.7 Å². The number of hydrogen-bond donors (Lipinski definition) is 1. The lowest BCUT2D eigenvalue weighted by atomic mass is 9.99. The molecule has 1 N–H and O–H groups in total. The Bertz CT molecular complexity index is 784. The van der Waals surface area contributed by atoms with Gasteiger partial charge in [-0.2, -0.15) is 0 Å². The van der Waals surface area contributed by atoms with Crippen molar-refractivity contribution >= 4 is 35.9 Å². The Labute approximate surface area is 182 Å². The molecule has 1 unspecified atom stereocenters. The van der Waals surface area contributed by atoms with Gasteiger partial charge in [-0.1, -0.05) is 0 Å². The number of halogens is 1. The van der Waals surface area contributed by atoms with E-state index in [9.17, 15) is 0 Å². The molecule has 0 spiro atoms. The zero-order valence-electron chi connectivity index (χ0n) is 16.5. The van der Waals surface area contributed by atoms with Crippen LogP contribution in [0.25, 0.3) is 0 Å². The maximum absolute atomic E-state index is 4.50. The van der Waals surface area contributed by atoms with Gasteiger partial charge in [-0.15, -0.1) is 34.2 Å². The first-order valence-corrected chi connectivity index (χ1v) is 9.61. The van der Waals surface area contributed by atoms with Crippen molar-refractivity contribution < 1.29 is 0 Å². The van der Waals surface area contributed by atoms with Gasteiger partial charge in [0.1, 0.15) is 11.6 Å². The van der Waals surface area contributed by atoms with E-state index in [2.05, 4.69) is 44.8 Å². The van der Waals surface area contributed by atoms with Gasteiger partial charge >= 0.3 is 0 Å². The molecule has 152 valence electrons. The molecule has 2 aliphatic heterocycles. The third-order valence-corrected chi connectivity index (χ3v) is 5.40. The van der Waals surface area contributed by atoms with Crippen LogP contribution in [0.5, 0.6) is 0 Å². The summed E-state index contributed by atoms with van der Waals surface area (Å²) >= 11 is 0. The van der Waals surface area contributed by atoms with Crippen molar-refractivity contribution in [1.29, 1.82) is 0 Å². The van der Waals surface area contributed by atoms with Crippen LogP contribution < -0.4 is 10.2 Å². The van der Waals surface area contributed by atoms with E-state index in [0.717, 1.165) is 75.7 Å². The molecule has 4 rings (SSSR count). The number of anilines is 1. The summed E-state index contributed by atoms with van der Waals surface area (Å²) in [5.41, 5.74) is 0. The molecule has 0 aromatic carbocycles. The van der Waals surface area contributed by atoms with Gasteiger partial charge in [-0.25, -0.2) is 9.97 Å². The van der Waals surface area contributed by atoms with Gasteiger partial charge in [0.25, 0.3) is 0 Å². The SMILES string of the molecule is CN=C(NCC1CCc2nnc(C)n2C1)N1CCN(c2ncccn2)CC1.I. The summed E-state index contributed by atoms with van der Waals surface area (Å²) in [6.07, 6.45) is 5.73. The van der Waals surface area contributed by atoms with Crippen LogP contribution >= 0.6 is 24.0 Å². The summed E-state index contributed by atoms with van der Waals surface area (Å²) in [7, 11) is 1.86. The third kappa shape index (κ3) is 4.53. The highest BCUT2D eigenvalue weighted by molar-refractivity contribution is 14.0. The molecular formula is C18H28IN9. The quantitative estimate of drug-likeness (QED) is 0.384.